The summed E-state index contributed by atoms with van der Waals surface area (Å²) >= 11 is 1.66. The van der Waals surface area contributed by atoms with E-state index in [0.29, 0.717) is 17.7 Å². The van der Waals surface area contributed by atoms with Crippen LogP contribution >= 0.6 is 23.7 Å². The van der Waals surface area contributed by atoms with E-state index in [0.717, 1.165) is 69.3 Å². The number of thiophene rings is 1. The first-order valence-corrected chi connectivity index (χ1v) is 19.4. The van der Waals surface area contributed by atoms with Crippen LogP contribution in [0.15, 0.2) is 91.0 Å². The Labute approximate surface area is 324 Å². The first-order chi connectivity index (χ1) is 25.5. The van der Waals surface area contributed by atoms with Gasteiger partial charge in [0, 0.05) is 44.7 Å². The Kier molecular flexibility index (Phi) is 15.3. The van der Waals surface area contributed by atoms with Gasteiger partial charge in [-0.1, -0.05) is 25.0 Å². The van der Waals surface area contributed by atoms with Gasteiger partial charge < -0.3 is 14.2 Å². The van der Waals surface area contributed by atoms with E-state index in [9.17, 15) is 9.59 Å². The summed E-state index contributed by atoms with van der Waals surface area (Å²) in [7, 11) is 1.66. The predicted molar refractivity (Wildman–Crippen MR) is 219 cm³/mol. The third kappa shape index (κ3) is 11.2. The summed E-state index contributed by atoms with van der Waals surface area (Å²) in [6.45, 7) is 10.2. The number of piperidine rings is 2. The molecule has 4 aromatic carbocycles. The van der Waals surface area contributed by atoms with Gasteiger partial charge in [0.2, 0.25) is 0 Å². The van der Waals surface area contributed by atoms with E-state index in [1.807, 2.05) is 60.7 Å². The summed E-state index contributed by atoms with van der Waals surface area (Å²) in [5.41, 5.74) is 4.32. The monoisotopic (exact) mass is 754 g/mol. The number of carbonyl (C=O) groups excluding carboxylic acids is 2. The molecule has 2 fully saturated rings. The minimum absolute atomic E-state index is 0. The summed E-state index contributed by atoms with van der Waals surface area (Å²) in [6.07, 6.45) is 8.74. The molecule has 0 atom stereocenters. The number of ether oxygens (including phenoxy) is 3. The van der Waals surface area contributed by atoms with Crippen molar-refractivity contribution < 1.29 is 23.8 Å². The van der Waals surface area contributed by atoms with Crippen LogP contribution in [0.1, 0.15) is 70.4 Å². The van der Waals surface area contributed by atoms with E-state index in [4.69, 9.17) is 14.2 Å². The van der Waals surface area contributed by atoms with Gasteiger partial charge in [0.1, 0.15) is 36.7 Å². The largest absolute Gasteiger partial charge is 0.497 e. The number of halogens is 1. The molecule has 0 N–H and O–H groups in total. The topological polar surface area (TPSA) is 68.3 Å². The van der Waals surface area contributed by atoms with Crippen molar-refractivity contribution in [2.24, 2.45) is 0 Å². The minimum Gasteiger partial charge on any atom is -0.497 e. The highest BCUT2D eigenvalue weighted by Crippen LogP contribution is 2.41. The number of benzene rings is 4. The molecule has 0 bridgehead atoms. The third-order valence-corrected chi connectivity index (χ3v) is 11.0. The maximum atomic E-state index is 13.8. The molecule has 0 saturated carbocycles. The van der Waals surface area contributed by atoms with E-state index in [-0.39, 0.29) is 18.2 Å². The van der Waals surface area contributed by atoms with Crippen LogP contribution in [0.4, 0.5) is 0 Å². The summed E-state index contributed by atoms with van der Waals surface area (Å²) in [4.78, 5) is 30.2. The fraction of sp³-hybridized carbons (Fsp3) is 0.364. The van der Waals surface area contributed by atoms with Crippen LogP contribution in [0.25, 0.3) is 20.5 Å². The molecule has 2 aliphatic heterocycles. The maximum Gasteiger partial charge on any atom is 0.195 e. The molecule has 1 aromatic heterocycles. The van der Waals surface area contributed by atoms with Crippen molar-refractivity contribution in [1.29, 1.82) is 0 Å². The van der Waals surface area contributed by atoms with Gasteiger partial charge in [-0.2, -0.15) is 0 Å². The van der Waals surface area contributed by atoms with Gasteiger partial charge in [-0.05, 0) is 149 Å². The average Bonchev–Trinajstić information content (AvgIpc) is 3.58. The number of rotatable bonds is 13. The van der Waals surface area contributed by atoms with Gasteiger partial charge in [0.15, 0.2) is 5.78 Å². The van der Waals surface area contributed by atoms with Crippen LogP contribution < -0.4 is 14.2 Å². The van der Waals surface area contributed by atoms with Crippen LogP contribution in [0.5, 0.6) is 17.2 Å². The fourth-order valence-electron chi connectivity index (χ4n) is 6.82. The Bertz CT molecular complexity index is 1880. The standard InChI is InChI=1S/C30H31NO3S.C14H19NO2.ClH/c1-21-6-15-26-27(20-21)35-30(23-9-11-24(33-2)12-10-23)28(26)29(32)22-7-13-25(14-8-22)34-19-18-31-16-4-3-5-17-31;16-12-13-4-6-14(7-5-13)17-11-10-15-8-2-1-3-9-15;/h6-15,20H,3-5,16-19H2,1-2H3;4-7,12H,1-3,8-11H2;1H. The molecule has 7 nitrogen and oxygen atoms in total. The number of aldehydes is 1. The lowest BCUT2D eigenvalue weighted by Gasteiger charge is -2.26. The molecule has 2 saturated heterocycles. The van der Waals surface area contributed by atoms with Gasteiger partial charge >= 0.3 is 0 Å². The zero-order valence-electron chi connectivity index (χ0n) is 30.9. The van der Waals surface area contributed by atoms with E-state index < -0.39 is 0 Å². The average molecular weight is 755 g/mol. The summed E-state index contributed by atoms with van der Waals surface area (Å²) in [5, 5.41) is 0.998. The van der Waals surface area contributed by atoms with Crippen LogP contribution in [0.2, 0.25) is 0 Å². The summed E-state index contributed by atoms with van der Waals surface area (Å²) < 4.78 is 18.1. The molecule has 53 heavy (non-hydrogen) atoms. The lowest BCUT2D eigenvalue weighted by atomic mass is 9.97. The molecule has 7 rings (SSSR count). The van der Waals surface area contributed by atoms with Crippen LogP contribution in [-0.2, 0) is 0 Å². The zero-order valence-corrected chi connectivity index (χ0v) is 32.5. The fourth-order valence-corrected chi connectivity index (χ4v) is 8.12. The van der Waals surface area contributed by atoms with Gasteiger partial charge in [-0.15, -0.1) is 23.7 Å². The number of ketones is 1. The number of aryl methyl sites for hydroxylation is 1. The Balaban J connectivity index is 0.000000253. The second-order valence-corrected chi connectivity index (χ2v) is 14.6. The van der Waals surface area contributed by atoms with Crippen molar-refractivity contribution in [3.63, 3.8) is 0 Å². The van der Waals surface area contributed by atoms with Crippen molar-refractivity contribution in [3.8, 4) is 27.7 Å². The van der Waals surface area contributed by atoms with Crippen molar-refractivity contribution >= 4 is 45.9 Å². The van der Waals surface area contributed by atoms with E-state index in [2.05, 4.69) is 34.9 Å². The molecular formula is C44H51ClN2O5S. The normalized spacial score (nSPS) is 14.8. The molecule has 0 aliphatic carbocycles. The summed E-state index contributed by atoms with van der Waals surface area (Å²) in [5.74, 6) is 2.48. The van der Waals surface area contributed by atoms with Gasteiger partial charge in [0.05, 0.1) is 7.11 Å². The Hall–Kier alpha value is -4.21. The van der Waals surface area contributed by atoms with E-state index in [1.54, 1.807) is 30.6 Å². The van der Waals surface area contributed by atoms with E-state index in [1.165, 1.54) is 70.3 Å². The third-order valence-electron chi connectivity index (χ3n) is 9.81. The van der Waals surface area contributed by atoms with E-state index >= 15 is 0 Å². The second-order valence-electron chi connectivity index (χ2n) is 13.6. The smallest absolute Gasteiger partial charge is 0.195 e. The number of methoxy groups -OCH3 is 1. The SMILES string of the molecule is COc1ccc(-c2sc3cc(C)ccc3c2C(=O)c2ccc(OCCN3CCCCC3)cc2)cc1.Cl.O=Cc1ccc(OCCN2CCCCC2)cc1. The van der Waals surface area contributed by atoms with Crippen molar-refractivity contribution in [3.05, 3.63) is 113 Å². The molecule has 5 aromatic rings. The van der Waals surface area contributed by atoms with Gasteiger partial charge in [0.25, 0.3) is 0 Å². The first-order valence-electron chi connectivity index (χ1n) is 18.6. The lowest BCUT2D eigenvalue weighted by molar-refractivity contribution is 0.104. The molecule has 0 amide bonds. The van der Waals surface area contributed by atoms with Crippen molar-refractivity contribution in [1.82, 2.24) is 9.80 Å². The minimum atomic E-state index is 0. The first kappa shape index (κ1) is 40.0. The molecule has 0 spiro atoms. The predicted octanol–water partition coefficient (Wildman–Crippen LogP) is 9.77. The summed E-state index contributed by atoms with van der Waals surface area (Å²) in [6, 6.07) is 29.1. The highest BCUT2D eigenvalue weighted by molar-refractivity contribution is 7.22. The molecule has 9 heteroatoms. The number of nitrogens with zero attached hydrogens (tertiary/aromatic N) is 2. The number of carbonyl (C=O) groups is 2. The highest BCUT2D eigenvalue weighted by Gasteiger charge is 2.22. The second kappa shape index (κ2) is 20.3. The van der Waals surface area contributed by atoms with Crippen molar-refractivity contribution in [2.75, 3.05) is 59.6 Å². The van der Waals surface area contributed by atoms with Crippen LogP contribution in [0.3, 0.4) is 0 Å². The highest BCUT2D eigenvalue weighted by atomic mass is 35.5. The Morgan fingerprint density at radius 3 is 1.75 bits per heavy atom. The number of hydrogen-bond donors (Lipinski definition) is 0. The molecule has 0 unspecified atom stereocenters. The number of fused-ring (bicyclic) bond motifs is 1. The van der Waals surface area contributed by atoms with Gasteiger partial charge in [-0.25, -0.2) is 0 Å². The van der Waals surface area contributed by atoms with Gasteiger partial charge in [-0.3, -0.25) is 19.4 Å². The Morgan fingerprint density at radius 2 is 1.23 bits per heavy atom. The number of hydrogen-bond acceptors (Lipinski definition) is 8. The maximum absolute atomic E-state index is 13.8. The molecule has 3 heterocycles. The zero-order chi connectivity index (χ0) is 36.1. The quantitative estimate of drug-likeness (QED) is 0.0876. The van der Waals surface area contributed by atoms with Crippen LogP contribution in [0, 0.1) is 6.92 Å². The molecule has 280 valence electrons. The molecule has 0 radical (unpaired) electrons. The Morgan fingerprint density at radius 1 is 0.698 bits per heavy atom. The lowest BCUT2D eigenvalue weighted by Crippen LogP contribution is -2.33. The molecular weight excluding hydrogens is 704 g/mol. The number of likely N-dealkylation sites (tertiary alicyclic amines) is 2. The molecule has 2 aliphatic rings. The van der Waals surface area contributed by atoms with Crippen LogP contribution in [-0.4, -0.2) is 81.5 Å². The van der Waals surface area contributed by atoms with Crippen molar-refractivity contribution in [2.45, 2.75) is 45.4 Å².